The Balaban J connectivity index is 1.74. The topological polar surface area (TPSA) is 32.3 Å². The Kier molecular flexibility index (Phi) is 3.59. The molecule has 0 aromatic carbocycles. The zero-order valence-electron chi connectivity index (χ0n) is 12.5. The number of hydrogen-bond donors (Lipinski definition) is 1. The first-order chi connectivity index (χ1) is 9.16. The van der Waals surface area contributed by atoms with Crippen LogP contribution in [0.2, 0.25) is 0 Å². The SMILES string of the molecule is CCCC1NC2(CC2)C(=O)N1C1CCCC(C)CC1. The molecule has 2 saturated carbocycles. The highest BCUT2D eigenvalue weighted by Gasteiger charge is 2.59. The van der Waals surface area contributed by atoms with Crippen LogP contribution in [0.15, 0.2) is 0 Å². The lowest BCUT2D eigenvalue weighted by atomic mass is 10.0. The van der Waals surface area contributed by atoms with E-state index >= 15 is 0 Å². The second-order valence-electron chi connectivity index (χ2n) is 7.01. The molecule has 3 rings (SSSR count). The highest BCUT2D eigenvalue weighted by molar-refractivity contribution is 5.92. The Morgan fingerprint density at radius 2 is 2.05 bits per heavy atom. The Hall–Kier alpha value is -0.570. The monoisotopic (exact) mass is 264 g/mol. The van der Waals surface area contributed by atoms with Gasteiger partial charge in [0, 0.05) is 6.04 Å². The molecule has 0 radical (unpaired) electrons. The Morgan fingerprint density at radius 1 is 1.26 bits per heavy atom. The second kappa shape index (κ2) is 5.08. The van der Waals surface area contributed by atoms with E-state index in [2.05, 4.69) is 24.1 Å². The quantitative estimate of drug-likeness (QED) is 0.795. The molecule has 1 amide bonds. The molecule has 1 N–H and O–H groups in total. The molecule has 19 heavy (non-hydrogen) atoms. The van der Waals surface area contributed by atoms with Gasteiger partial charge in [0.15, 0.2) is 0 Å². The standard InChI is InChI=1S/C16H28N2O/c1-3-5-14-17-16(10-11-16)15(19)18(14)13-7-4-6-12(2)8-9-13/h12-14,17H,3-11H2,1-2H3. The van der Waals surface area contributed by atoms with Crippen molar-refractivity contribution >= 4 is 5.91 Å². The van der Waals surface area contributed by atoms with Crippen LogP contribution in [0.3, 0.4) is 0 Å². The summed E-state index contributed by atoms with van der Waals surface area (Å²) in [6.07, 6.45) is 11.1. The zero-order valence-corrected chi connectivity index (χ0v) is 12.5. The first kappa shape index (κ1) is 13.4. The van der Waals surface area contributed by atoms with Gasteiger partial charge in [-0.1, -0.05) is 33.1 Å². The maximum absolute atomic E-state index is 12.7. The van der Waals surface area contributed by atoms with Crippen LogP contribution in [0.4, 0.5) is 0 Å². The van der Waals surface area contributed by atoms with Gasteiger partial charge in [-0.25, -0.2) is 0 Å². The molecule has 0 aromatic rings. The highest BCUT2D eigenvalue weighted by Crippen LogP contribution is 2.44. The number of hydrogen-bond acceptors (Lipinski definition) is 2. The molecule has 3 unspecified atom stereocenters. The average molecular weight is 264 g/mol. The van der Waals surface area contributed by atoms with Crippen molar-refractivity contribution in [1.82, 2.24) is 10.2 Å². The normalized spacial score (nSPS) is 37.7. The largest absolute Gasteiger partial charge is 0.323 e. The number of amides is 1. The lowest BCUT2D eigenvalue weighted by molar-refractivity contribution is -0.133. The first-order valence-corrected chi connectivity index (χ1v) is 8.27. The zero-order chi connectivity index (χ0) is 13.5. The van der Waals surface area contributed by atoms with Gasteiger partial charge in [-0.15, -0.1) is 0 Å². The van der Waals surface area contributed by atoms with E-state index in [-0.39, 0.29) is 5.54 Å². The summed E-state index contributed by atoms with van der Waals surface area (Å²) < 4.78 is 0. The minimum Gasteiger partial charge on any atom is -0.323 e. The molecule has 3 fully saturated rings. The van der Waals surface area contributed by atoms with Gasteiger partial charge in [-0.2, -0.15) is 0 Å². The van der Waals surface area contributed by atoms with Crippen molar-refractivity contribution in [3.8, 4) is 0 Å². The second-order valence-corrected chi connectivity index (χ2v) is 7.01. The molecule has 1 aliphatic heterocycles. The molecule has 1 heterocycles. The van der Waals surface area contributed by atoms with E-state index in [0.717, 1.165) is 31.6 Å². The van der Waals surface area contributed by atoms with Crippen molar-refractivity contribution in [2.45, 2.75) is 89.4 Å². The summed E-state index contributed by atoms with van der Waals surface area (Å²) in [5, 5.41) is 3.65. The van der Waals surface area contributed by atoms with Gasteiger partial charge >= 0.3 is 0 Å². The third-order valence-corrected chi connectivity index (χ3v) is 5.36. The molecule has 3 nitrogen and oxygen atoms in total. The summed E-state index contributed by atoms with van der Waals surface area (Å²) in [6.45, 7) is 4.58. The third kappa shape index (κ3) is 2.42. The predicted molar refractivity (Wildman–Crippen MR) is 76.7 cm³/mol. The third-order valence-electron chi connectivity index (χ3n) is 5.36. The van der Waals surface area contributed by atoms with Crippen LogP contribution in [0.25, 0.3) is 0 Å². The van der Waals surface area contributed by atoms with Crippen molar-refractivity contribution in [1.29, 1.82) is 0 Å². The van der Waals surface area contributed by atoms with Gasteiger partial charge in [0.1, 0.15) is 0 Å². The molecule has 3 heteroatoms. The number of nitrogens with zero attached hydrogens (tertiary/aromatic N) is 1. The van der Waals surface area contributed by atoms with Crippen LogP contribution in [0, 0.1) is 5.92 Å². The van der Waals surface area contributed by atoms with E-state index in [9.17, 15) is 4.79 Å². The molecule has 1 spiro atoms. The van der Waals surface area contributed by atoms with Crippen molar-refractivity contribution in [3.05, 3.63) is 0 Å². The number of rotatable bonds is 3. The van der Waals surface area contributed by atoms with E-state index in [1.807, 2.05) is 0 Å². The van der Waals surface area contributed by atoms with Gasteiger partial charge in [0.05, 0.1) is 11.7 Å². The Labute approximate surface area is 117 Å². The molecule has 1 saturated heterocycles. The fraction of sp³-hybridized carbons (Fsp3) is 0.938. The summed E-state index contributed by atoms with van der Waals surface area (Å²) in [5.41, 5.74) is -0.127. The van der Waals surface area contributed by atoms with Crippen molar-refractivity contribution < 1.29 is 4.79 Å². The predicted octanol–water partition coefficient (Wildman–Crippen LogP) is 3.05. The first-order valence-electron chi connectivity index (χ1n) is 8.27. The van der Waals surface area contributed by atoms with Crippen molar-refractivity contribution in [2.24, 2.45) is 5.92 Å². The van der Waals surface area contributed by atoms with Crippen molar-refractivity contribution in [2.75, 3.05) is 0 Å². The van der Waals surface area contributed by atoms with Gasteiger partial charge in [0.2, 0.25) is 5.91 Å². The molecule has 108 valence electrons. The maximum atomic E-state index is 12.7. The molecule has 3 aliphatic rings. The molecular weight excluding hydrogens is 236 g/mol. The lowest BCUT2D eigenvalue weighted by Crippen LogP contribution is -2.44. The smallest absolute Gasteiger partial charge is 0.244 e. The highest BCUT2D eigenvalue weighted by atomic mass is 16.2. The fourth-order valence-electron chi connectivity index (χ4n) is 3.97. The Morgan fingerprint density at radius 3 is 2.74 bits per heavy atom. The number of carbonyl (C=O) groups is 1. The minimum absolute atomic E-state index is 0.127. The molecule has 0 aromatic heterocycles. The van der Waals surface area contributed by atoms with E-state index in [1.165, 1.54) is 32.1 Å². The van der Waals surface area contributed by atoms with Crippen LogP contribution in [0.1, 0.15) is 71.6 Å². The van der Waals surface area contributed by atoms with E-state index in [0.29, 0.717) is 18.1 Å². The average Bonchev–Trinajstić information content (AvgIpc) is 3.13. The van der Waals surface area contributed by atoms with Gasteiger partial charge < -0.3 is 4.90 Å². The molecular formula is C16H28N2O. The summed E-state index contributed by atoms with van der Waals surface area (Å²) in [7, 11) is 0. The van der Waals surface area contributed by atoms with Crippen LogP contribution in [-0.4, -0.2) is 28.6 Å². The molecule has 0 bridgehead atoms. The van der Waals surface area contributed by atoms with Gasteiger partial charge in [0.25, 0.3) is 0 Å². The van der Waals surface area contributed by atoms with Crippen LogP contribution in [-0.2, 0) is 4.79 Å². The lowest BCUT2D eigenvalue weighted by Gasteiger charge is -2.32. The van der Waals surface area contributed by atoms with Crippen LogP contribution < -0.4 is 5.32 Å². The van der Waals surface area contributed by atoms with Gasteiger partial charge in [-0.3, -0.25) is 10.1 Å². The van der Waals surface area contributed by atoms with E-state index in [1.54, 1.807) is 0 Å². The van der Waals surface area contributed by atoms with Crippen LogP contribution >= 0.6 is 0 Å². The summed E-state index contributed by atoms with van der Waals surface area (Å²) in [4.78, 5) is 15.0. The minimum atomic E-state index is -0.127. The van der Waals surface area contributed by atoms with Crippen molar-refractivity contribution in [3.63, 3.8) is 0 Å². The summed E-state index contributed by atoms with van der Waals surface area (Å²) in [6, 6.07) is 0.501. The number of nitrogens with one attached hydrogen (secondary N) is 1. The van der Waals surface area contributed by atoms with E-state index in [4.69, 9.17) is 0 Å². The van der Waals surface area contributed by atoms with E-state index < -0.39 is 0 Å². The summed E-state index contributed by atoms with van der Waals surface area (Å²) >= 11 is 0. The molecule has 2 aliphatic carbocycles. The maximum Gasteiger partial charge on any atom is 0.244 e. The van der Waals surface area contributed by atoms with Crippen LogP contribution in [0.5, 0.6) is 0 Å². The Bertz CT molecular complexity index is 351. The number of carbonyl (C=O) groups excluding carboxylic acids is 1. The molecule has 3 atom stereocenters. The summed E-state index contributed by atoms with van der Waals surface area (Å²) in [5.74, 6) is 1.26. The van der Waals surface area contributed by atoms with Gasteiger partial charge in [-0.05, 0) is 44.4 Å². The fourth-order valence-corrected chi connectivity index (χ4v) is 3.97.